The molecule has 0 unspecified atom stereocenters. The summed E-state index contributed by atoms with van der Waals surface area (Å²) in [4.78, 5) is 4.53. The molecule has 3 heteroatoms. The van der Waals surface area contributed by atoms with E-state index in [0.717, 1.165) is 34.6 Å². The molecule has 2 aromatic rings. The van der Waals surface area contributed by atoms with Gasteiger partial charge in [0.25, 0.3) is 0 Å². The van der Waals surface area contributed by atoms with Gasteiger partial charge in [0.05, 0.1) is 17.5 Å². The predicted octanol–water partition coefficient (Wildman–Crippen LogP) is 4.08. The number of benzene rings is 1. The fraction of sp³-hybridized carbons (Fsp3) is 0.471. The molecule has 1 heterocycles. The molecule has 3 rings (SSSR count). The number of nitrogens with two attached hydrogens (primary N) is 1. The molecule has 0 saturated heterocycles. The van der Waals surface area contributed by atoms with E-state index in [-0.39, 0.29) is 0 Å². The topological polar surface area (TPSA) is 48.1 Å². The molecule has 2 N–H and O–H groups in total. The maximum Gasteiger partial charge on any atom is 0.130 e. The lowest BCUT2D eigenvalue weighted by Gasteiger charge is -2.22. The Bertz CT molecular complexity index is 603. The molecule has 1 saturated carbocycles. The Hall–Kier alpha value is -1.77. The number of pyridine rings is 1. The third-order valence-corrected chi connectivity index (χ3v) is 4.15. The Labute approximate surface area is 120 Å². The van der Waals surface area contributed by atoms with E-state index in [0.29, 0.717) is 5.92 Å². The van der Waals surface area contributed by atoms with E-state index < -0.39 is 0 Å². The van der Waals surface area contributed by atoms with E-state index in [9.17, 15) is 0 Å². The van der Waals surface area contributed by atoms with Gasteiger partial charge in [-0.1, -0.05) is 25.3 Å². The second-order valence-corrected chi connectivity index (χ2v) is 5.82. The molecule has 0 aliphatic heterocycles. The van der Waals surface area contributed by atoms with Crippen molar-refractivity contribution in [2.45, 2.75) is 39.0 Å². The summed E-state index contributed by atoms with van der Waals surface area (Å²) in [7, 11) is 0. The van der Waals surface area contributed by atoms with E-state index >= 15 is 0 Å². The third kappa shape index (κ3) is 2.72. The minimum absolute atomic E-state index is 0.693. The van der Waals surface area contributed by atoms with Gasteiger partial charge in [-0.3, -0.25) is 4.98 Å². The number of anilines is 1. The van der Waals surface area contributed by atoms with Gasteiger partial charge < -0.3 is 10.5 Å². The van der Waals surface area contributed by atoms with Crippen LogP contribution in [0, 0.1) is 12.8 Å². The number of rotatable bonds is 3. The molecule has 106 valence electrons. The maximum absolute atomic E-state index is 6.15. The van der Waals surface area contributed by atoms with Crippen molar-refractivity contribution in [3.63, 3.8) is 0 Å². The first-order valence-electron chi connectivity index (χ1n) is 7.52. The zero-order chi connectivity index (χ0) is 13.9. The second kappa shape index (κ2) is 5.70. The summed E-state index contributed by atoms with van der Waals surface area (Å²) < 4.78 is 6.06. The van der Waals surface area contributed by atoms with Gasteiger partial charge in [0.2, 0.25) is 0 Å². The van der Waals surface area contributed by atoms with Gasteiger partial charge >= 0.3 is 0 Å². The molecular formula is C17H22N2O. The summed E-state index contributed by atoms with van der Waals surface area (Å²) in [5, 5.41) is 0.953. The van der Waals surface area contributed by atoms with E-state index in [1.807, 2.05) is 31.2 Å². The summed E-state index contributed by atoms with van der Waals surface area (Å²) in [6.07, 6.45) is 6.63. The van der Waals surface area contributed by atoms with E-state index in [2.05, 4.69) is 4.98 Å². The van der Waals surface area contributed by atoms with Gasteiger partial charge in [0.15, 0.2) is 0 Å². The first-order valence-corrected chi connectivity index (χ1v) is 7.52. The standard InChI is InChI=1S/C17H22N2O/c1-12-10-14(18)17-15(19-12)8-5-9-16(17)20-11-13-6-3-2-4-7-13/h5,8-10,13H,2-4,6-7,11H2,1H3,(H2,18,19). The molecule has 0 atom stereocenters. The highest BCUT2D eigenvalue weighted by atomic mass is 16.5. The van der Waals surface area contributed by atoms with Crippen LogP contribution in [0.15, 0.2) is 24.3 Å². The van der Waals surface area contributed by atoms with Gasteiger partial charge in [0.1, 0.15) is 5.75 Å². The van der Waals surface area contributed by atoms with E-state index in [4.69, 9.17) is 10.5 Å². The minimum atomic E-state index is 0.693. The molecule has 1 aromatic heterocycles. The average Bonchev–Trinajstić information content (AvgIpc) is 2.45. The highest BCUT2D eigenvalue weighted by Gasteiger charge is 2.15. The van der Waals surface area contributed by atoms with Crippen LogP contribution in [-0.4, -0.2) is 11.6 Å². The molecular weight excluding hydrogens is 248 g/mol. The Morgan fingerprint density at radius 3 is 2.85 bits per heavy atom. The molecule has 1 aromatic carbocycles. The van der Waals surface area contributed by atoms with Crippen LogP contribution < -0.4 is 10.5 Å². The quantitative estimate of drug-likeness (QED) is 0.914. The summed E-state index contributed by atoms with van der Waals surface area (Å²) in [6.45, 7) is 2.76. The Morgan fingerprint density at radius 1 is 1.25 bits per heavy atom. The Kier molecular flexibility index (Phi) is 3.77. The van der Waals surface area contributed by atoms with Crippen molar-refractivity contribution in [3.05, 3.63) is 30.0 Å². The number of ether oxygens (including phenoxy) is 1. The van der Waals surface area contributed by atoms with Crippen LogP contribution >= 0.6 is 0 Å². The van der Waals surface area contributed by atoms with Crippen molar-refractivity contribution >= 4 is 16.6 Å². The third-order valence-electron chi connectivity index (χ3n) is 4.15. The normalized spacial score (nSPS) is 16.4. The molecule has 0 spiro atoms. The number of nitrogens with zero attached hydrogens (tertiary/aromatic N) is 1. The van der Waals surface area contributed by atoms with Crippen LogP contribution in [0.5, 0.6) is 5.75 Å². The number of aromatic nitrogens is 1. The van der Waals surface area contributed by atoms with Crippen LogP contribution in [0.3, 0.4) is 0 Å². The zero-order valence-electron chi connectivity index (χ0n) is 12.1. The minimum Gasteiger partial charge on any atom is -0.493 e. The van der Waals surface area contributed by atoms with Crippen molar-refractivity contribution < 1.29 is 4.74 Å². The lowest BCUT2D eigenvalue weighted by atomic mass is 9.90. The van der Waals surface area contributed by atoms with Crippen LogP contribution in [0.25, 0.3) is 10.9 Å². The predicted molar refractivity (Wildman–Crippen MR) is 83.0 cm³/mol. The lowest BCUT2D eigenvalue weighted by molar-refractivity contribution is 0.210. The molecule has 0 radical (unpaired) electrons. The van der Waals surface area contributed by atoms with Gasteiger partial charge in [-0.05, 0) is 43.9 Å². The molecule has 1 aliphatic rings. The fourth-order valence-corrected chi connectivity index (χ4v) is 3.10. The van der Waals surface area contributed by atoms with Gasteiger partial charge in [0, 0.05) is 11.4 Å². The van der Waals surface area contributed by atoms with Crippen LogP contribution in [0.1, 0.15) is 37.8 Å². The Morgan fingerprint density at radius 2 is 2.05 bits per heavy atom. The largest absolute Gasteiger partial charge is 0.493 e. The number of nitrogen functional groups attached to an aromatic ring is 1. The van der Waals surface area contributed by atoms with Crippen molar-refractivity contribution in [2.24, 2.45) is 5.92 Å². The summed E-state index contributed by atoms with van der Waals surface area (Å²) in [6, 6.07) is 7.89. The van der Waals surface area contributed by atoms with Gasteiger partial charge in [-0.25, -0.2) is 0 Å². The average molecular weight is 270 g/mol. The van der Waals surface area contributed by atoms with E-state index in [1.165, 1.54) is 32.1 Å². The van der Waals surface area contributed by atoms with E-state index in [1.54, 1.807) is 0 Å². The molecule has 0 amide bonds. The lowest BCUT2D eigenvalue weighted by Crippen LogP contribution is -2.15. The number of hydrogen-bond acceptors (Lipinski definition) is 3. The summed E-state index contributed by atoms with van der Waals surface area (Å²) >= 11 is 0. The SMILES string of the molecule is Cc1cc(N)c2c(OCC3CCCCC3)cccc2n1. The van der Waals surface area contributed by atoms with Gasteiger partial charge in [-0.15, -0.1) is 0 Å². The van der Waals surface area contributed by atoms with Crippen LogP contribution in [0.2, 0.25) is 0 Å². The zero-order valence-corrected chi connectivity index (χ0v) is 12.1. The second-order valence-electron chi connectivity index (χ2n) is 5.82. The van der Waals surface area contributed by atoms with Crippen molar-refractivity contribution in [2.75, 3.05) is 12.3 Å². The smallest absolute Gasteiger partial charge is 0.130 e. The number of fused-ring (bicyclic) bond motifs is 1. The Balaban J connectivity index is 1.83. The van der Waals surface area contributed by atoms with Crippen molar-refractivity contribution in [1.29, 1.82) is 0 Å². The first kappa shape index (κ1) is 13.2. The monoisotopic (exact) mass is 270 g/mol. The number of aryl methyl sites for hydroxylation is 1. The highest BCUT2D eigenvalue weighted by Crippen LogP contribution is 2.31. The van der Waals surface area contributed by atoms with Crippen LogP contribution in [-0.2, 0) is 0 Å². The first-order chi connectivity index (χ1) is 9.74. The maximum atomic E-state index is 6.15. The molecule has 20 heavy (non-hydrogen) atoms. The summed E-state index contributed by atoms with van der Waals surface area (Å²) in [5.41, 5.74) is 8.77. The fourth-order valence-electron chi connectivity index (χ4n) is 3.10. The van der Waals surface area contributed by atoms with Gasteiger partial charge in [-0.2, -0.15) is 0 Å². The van der Waals surface area contributed by atoms with Crippen LogP contribution in [0.4, 0.5) is 5.69 Å². The van der Waals surface area contributed by atoms with Crippen molar-refractivity contribution in [3.8, 4) is 5.75 Å². The molecule has 0 bridgehead atoms. The molecule has 1 fully saturated rings. The molecule has 3 nitrogen and oxygen atoms in total. The molecule has 1 aliphatic carbocycles. The highest BCUT2D eigenvalue weighted by molar-refractivity contribution is 5.95. The number of hydrogen-bond donors (Lipinski definition) is 1. The van der Waals surface area contributed by atoms with Crippen molar-refractivity contribution in [1.82, 2.24) is 4.98 Å². The summed E-state index contributed by atoms with van der Waals surface area (Å²) in [5.74, 6) is 1.57.